The molecular weight excluding hydrogens is 614 g/mol. The number of ether oxygens (including phenoxy) is 1. The summed E-state index contributed by atoms with van der Waals surface area (Å²) in [4.78, 5) is 28.4. The molecule has 0 bridgehead atoms. The Morgan fingerprint density at radius 1 is 1.13 bits per heavy atom. The number of carbonyl (C=O) groups excluding carboxylic acids is 2. The minimum Gasteiger partial charge on any atom is -0.482 e. The summed E-state index contributed by atoms with van der Waals surface area (Å²) in [6.45, 7) is 0.167. The van der Waals surface area contributed by atoms with E-state index in [-0.39, 0.29) is 43.7 Å². The van der Waals surface area contributed by atoms with Gasteiger partial charge in [-0.05, 0) is 83.7 Å². The van der Waals surface area contributed by atoms with Gasteiger partial charge < -0.3 is 25.2 Å². The van der Waals surface area contributed by atoms with Gasteiger partial charge in [0.1, 0.15) is 23.8 Å². The number of para-hydroxylation sites is 1. The standard InChI is InChI=1S/C30H36FIN2O5/c31-23-9-5-8-21(16-23)12-14-34(28(36)17-20-6-1-2-7-20)25-18-22(30(38)33-13-15-35)19-27(29(25)37)39-26-11-4-3-10-24(26)32/h3-5,8-11,16,19-20,25,27,29,35,37H,1-2,6-7,12-15,17-18H2,(H,33,38)/t25-,27+,29+/m1/s1. The van der Waals surface area contributed by atoms with Crippen molar-refractivity contribution >= 4 is 34.4 Å². The maximum absolute atomic E-state index is 13.9. The zero-order chi connectivity index (χ0) is 27.8. The van der Waals surface area contributed by atoms with Gasteiger partial charge in [-0.1, -0.05) is 37.1 Å². The smallest absolute Gasteiger partial charge is 0.247 e. The molecule has 2 aromatic carbocycles. The van der Waals surface area contributed by atoms with E-state index in [9.17, 15) is 24.2 Å². The van der Waals surface area contributed by atoms with Crippen molar-refractivity contribution in [3.8, 4) is 5.75 Å². The Balaban J connectivity index is 1.63. The Kier molecular flexibility index (Phi) is 10.8. The molecule has 7 nitrogen and oxygen atoms in total. The number of rotatable bonds is 11. The van der Waals surface area contributed by atoms with Crippen LogP contribution in [0.2, 0.25) is 0 Å². The minimum atomic E-state index is -1.09. The van der Waals surface area contributed by atoms with Crippen molar-refractivity contribution in [1.82, 2.24) is 10.2 Å². The van der Waals surface area contributed by atoms with Gasteiger partial charge >= 0.3 is 0 Å². The van der Waals surface area contributed by atoms with E-state index in [1.807, 2.05) is 24.3 Å². The van der Waals surface area contributed by atoms with Crippen molar-refractivity contribution in [2.45, 2.75) is 63.2 Å². The highest BCUT2D eigenvalue weighted by atomic mass is 127. The van der Waals surface area contributed by atoms with Crippen LogP contribution in [0.3, 0.4) is 0 Å². The van der Waals surface area contributed by atoms with Crippen molar-refractivity contribution in [3.05, 3.63) is 75.1 Å². The number of halogens is 2. The average molecular weight is 651 g/mol. The lowest BCUT2D eigenvalue weighted by Crippen LogP contribution is -2.55. The first kappa shape index (κ1) is 29.5. The normalized spacial score (nSPS) is 21.3. The number of aliphatic hydroxyl groups excluding tert-OH is 2. The van der Waals surface area contributed by atoms with Crippen LogP contribution in [0.25, 0.3) is 0 Å². The first-order valence-electron chi connectivity index (χ1n) is 13.6. The number of carbonyl (C=O) groups is 2. The lowest BCUT2D eigenvalue weighted by atomic mass is 9.87. The average Bonchev–Trinajstić information content (AvgIpc) is 3.43. The molecule has 2 aromatic rings. The molecule has 4 rings (SSSR count). The largest absolute Gasteiger partial charge is 0.482 e. The number of hydrogen-bond acceptors (Lipinski definition) is 5. The highest BCUT2D eigenvalue weighted by Crippen LogP contribution is 2.32. The Morgan fingerprint density at radius 3 is 2.62 bits per heavy atom. The van der Waals surface area contributed by atoms with Crippen LogP contribution in [0.4, 0.5) is 4.39 Å². The first-order chi connectivity index (χ1) is 18.9. The molecule has 39 heavy (non-hydrogen) atoms. The number of nitrogens with zero attached hydrogens (tertiary/aromatic N) is 1. The van der Waals surface area contributed by atoms with Crippen LogP contribution in [-0.2, 0) is 16.0 Å². The van der Waals surface area contributed by atoms with Crippen molar-refractivity contribution < 1.29 is 28.9 Å². The number of amides is 2. The molecule has 210 valence electrons. The lowest BCUT2D eigenvalue weighted by Gasteiger charge is -2.41. The second kappa shape index (κ2) is 14.2. The second-order valence-electron chi connectivity index (χ2n) is 10.3. The molecule has 1 saturated carbocycles. The molecule has 2 aliphatic rings. The summed E-state index contributed by atoms with van der Waals surface area (Å²) in [5.41, 5.74) is 1.14. The molecule has 0 aliphatic heterocycles. The van der Waals surface area contributed by atoms with Crippen LogP contribution < -0.4 is 10.1 Å². The highest BCUT2D eigenvalue weighted by Gasteiger charge is 2.41. The maximum Gasteiger partial charge on any atom is 0.247 e. The van der Waals surface area contributed by atoms with Gasteiger partial charge in [-0.15, -0.1) is 0 Å². The minimum absolute atomic E-state index is 0.0765. The Hall–Kier alpha value is -2.50. The van der Waals surface area contributed by atoms with Gasteiger partial charge in [0.2, 0.25) is 11.8 Å². The molecule has 0 saturated heterocycles. The molecule has 0 spiro atoms. The van der Waals surface area contributed by atoms with Gasteiger partial charge in [-0.2, -0.15) is 0 Å². The summed E-state index contributed by atoms with van der Waals surface area (Å²) in [6.07, 6.45) is 4.81. The molecule has 0 heterocycles. The fourth-order valence-electron chi connectivity index (χ4n) is 5.46. The molecule has 0 aromatic heterocycles. The van der Waals surface area contributed by atoms with Gasteiger partial charge in [0, 0.05) is 31.5 Å². The van der Waals surface area contributed by atoms with Gasteiger partial charge in [-0.3, -0.25) is 9.59 Å². The van der Waals surface area contributed by atoms with E-state index < -0.39 is 18.2 Å². The summed E-state index contributed by atoms with van der Waals surface area (Å²) in [6, 6.07) is 13.0. The molecule has 2 aliphatic carbocycles. The summed E-state index contributed by atoms with van der Waals surface area (Å²) >= 11 is 2.15. The van der Waals surface area contributed by atoms with Crippen LogP contribution in [-0.4, -0.2) is 64.9 Å². The van der Waals surface area contributed by atoms with Crippen LogP contribution in [0.1, 0.15) is 44.1 Å². The van der Waals surface area contributed by atoms with Gasteiger partial charge in [0.05, 0.1) is 16.2 Å². The van der Waals surface area contributed by atoms with Crippen molar-refractivity contribution in [1.29, 1.82) is 0 Å². The molecule has 0 radical (unpaired) electrons. The number of aliphatic hydroxyl groups is 2. The number of hydrogen-bond donors (Lipinski definition) is 3. The molecule has 9 heteroatoms. The summed E-state index contributed by atoms with van der Waals surface area (Å²) in [5.74, 6) is 0.0808. The molecule has 0 unspecified atom stereocenters. The zero-order valence-electron chi connectivity index (χ0n) is 21.9. The summed E-state index contributed by atoms with van der Waals surface area (Å²) in [5, 5.41) is 23.5. The van der Waals surface area contributed by atoms with Crippen molar-refractivity contribution in [2.75, 3.05) is 19.7 Å². The topological polar surface area (TPSA) is 99.1 Å². The van der Waals surface area contributed by atoms with Crippen LogP contribution in [0, 0.1) is 15.3 Å². The van der Waals surface area contributed by atoms with E-state index in [0.717, 1.165) is 34.8 Å². The van der Waals surface area contributed by atoms with E-state index in [4.69, 9.17) is 4.74 Å². The predicted molar refractivity (Wildman–Crippen MR) is 155 cm³/mol. The van der Waals surface area contributed by atoms with E-state index >= 15 is 0 Å². The predicted octanol–water partition coefficient (Wildman–Crippen LogP) is 4.00. The Labute approximate surface area is 242 Å². The van der Waals surface area contributed by atoms with E-state index in [1.165, 1.54) is 12.1 Å². The Morgan fingerprint density at radius 2 is 1.90 bits per heavy atom. The third kappa shape index (κ3) is 8.02. The Bertz CT molecular complexity index is 1170. The highest BCUT2D eigenvalue weighted by molar-refractivity contribution is 14.1. The van der Waals surface area contributed by atoms with Crippen molar-refractivity contribution in [2.24, 2.45) is 5.92 Å². The molecule has 1 fully saturated rings. The molecule has 2 amide bonds. The quantitative estimate of drug-likeness (QED) is 0.320. The van der Waals surface area contributed by atoms with Crippen LogP contribution in [0.5, 0.6) is 5.75 Å². The second-order valence-corrected chi connectivity index (χ2v) is 11.4. The van der Waals surface area contributed by atoms with E-state index in [1.54, 1.807) is 23.1 Å². The third-order valence-corrected chi connectivity index (χ3v) is 8.39. The summed E-state index contributed by atoms with van der Waals surface area (Å²) < 4.78 is 20.9. The van der Waals surface area contributed by atoms with Gasteiger partial charge in [-0.25, -0.2) is 4.39 Å². The van der Waals surface area contributed by atoms with Crippen molar-refractivity contribution in [3.63, 3.8) is 0 Å². The first-order valence-corrected chi connectivity index (χ1v) is 14.7. The van der Waals surface area contributed by atoms with Gasteiger partial charge in [0.15, 0.2) is 0 Å². The van der Waals surface area contributed by atoms with E-state index in [0.29, 0.717) is 30.1 Å². The zero-order valence-corrected chi connectivity index (χ0v) is 24.1. The van der Waals surface area contributed by atoms with Crippen LogP contribution >= 0.6 is 22.6 Å². The monoisotopic (exact) mass is 650 g/mol. The number of benzene rings is 2. The molecular formula is C30H36FIN2O5. The van der Waals surface area contributed by atoms with E-state index in [2.05, 4.69) is 27.9 Å². The molecule has 3 N–H and O–H groups in total. The van der Waals surface area contributed by atoms with Crippen LogP contribution in [0.15, 0.2) is 60.2 Å². The lowest BCUT2D eigenvalue weighted by molar-refractivity contribution is -0.139. The fourth-order valence-corrected chi connectivity index (χ4v) is 5.98. The SMILES string of the molecule is O=C(NCCO)C1=C[C@H](Oc2ccccc2I)[C@@H](O)[C@H](N(CCc2cccc(F)c2)C(=O)CC2CCCC2)C1. The maximum atomic E-state index is 13.9. The molecule has 3 atom stereocenters. The van der Waals surface area contributed by atoms with Gasteiger partial charge in [0.25, 0.3) is 0 Å². The fraction of sp³-hybridized carbons (Fsp3) is 0.467. The number of nitrogens with one attached hydrogen (secondary N) is 1. The summed E-state index contributed by atoms with van der Waals surface area (Å²) in [7, 11) is 0. The third-order valence-electron chi connectivity index (χ3n) is 7.50.